The van der Waals surface area contributed by atoms with Gasteiger partial charge in [-0.1, -0.05) is 49.6 Å². The molecule has 0 N–H and O–H groups in total. The Hall–Kier alpha value is -2.45. The van der Waals surface area contributed by atoms with Crippen LogP contribution >= 0.6 is 0 Å². The smallest absolute Gasteiger partial charge is 0.163 e. The summed E-state index contributed by atoms with van der Waals surface area (Å²) in [5.41, 5.74) is 2.00. The van der Waals surface area contributed by atoms with Crippen molar-refractivity contribution >= 4 is 5.82 Å². The normalized spacial score (nSPS) is 20.0. The molecule has 5 heteroatoms. The van der Waals surface area contributed by atoms with Crippen molar-refractivity contribution in [2.45, 2.75) is 44.2 Å². The second-order valence-electron chi connectivity index (χ2n) is 7.50. The van der Waals surface area contributed by atoms with Crippen LogP contribution in [0.3, 0.4) is 0 Å². The summed E-state index contributed by atoms with van der Waals surface area (Å²) >= 11 is 0. The maximum absolute atomic E-state index is 8.94. The SMILES string of the molecule is N#Cc1ccc(N2CCN(Cc3ccccc3)C3(CCCCC3)C2)nn1. The number of hydrogen-bond donors (Lipinski definition) is 0. The van der Waals surface area contributed by atoms with Crippen molar-refractivity contribution in [2.75, 3.05) is 24.5 Å². The van der Waals surface area contributed by atoms with Gasteiger partial charge in [0.25, 0.3) is 0 Å². The first-order valence-electron chi connectivity index (χ1n) is 9.57. The molecule has 4 rings (SSSR count). The summed E-state index contributed by atoms with van der Waals surface area (Å²) in [4.78, 5) is 5.07. The number of anilines is 1. The summed E-state index contributed by atoms with van der Waals surface area (Å²) in [6, 6.07) is 16.6. The van der Waals surface area contributed by atoms with Crippen LogP contribution in [-0.2, 0) is 6.54 Å². The average Bonchev–Trinajstić information content (AvgIpc) is 2.71. The minimum Gasteiger partial charge on any atom is -0.352 e. The standard InChI is InChI=1S/C21H25N5/c22-15-19-9-10-20(24-23-19)25-13-14-26(16-18-7-3-1-4-8-18)21(17-25)11-5-2-6-12-21/h1,3-4,7-10H,2,5-6,11-14,16-17H2. The maximum atomic E-state index is 8.94. The van der Waals surface area contributed by atoms with Gasteiger partial charge in [0.1, 0.15) is 6.07 Å². The van der Waals surface area contributed by atoms with Crippen LogP contribution in [0.15, 0.2) is 42.5 Å². The minimum absolute atomic E-state index is 0.224. The molecule has 1 aromatic heterocycles. The van der Waals surface area contributed by atoms with Gasteiger partial charge in [0.15, 0.2) is 11.5 Å². The van der Waals surface area contributed by atoms with Gasteiger partial charge in [-0.25, -0.2) is 0 Å². The van der Waals surface area contributed by atoms with Crippen LogP contribution < -0.4 is 4.90 Å². The van der Waals surface area contributed by atoms with E-state index in [-0.39, 0.29) is 5.54 Å². The second-order valence-corrected chi connectivity index (χ2v) is 7.50. The fourth-order valence-corrected chi connectivity index (χ4v) is 4.50. The topological polar surface area (TPSA) is 56.1 Å². The molecule has 0 unspecified atom stereocenters. The molecule has 1 aliphatic carbocycles. The molecule has 134 valence electrons. The fourth-order valence-electron chi connectivity index (χ4n) is 4.50. The predicted octanol–water partition coefficient (Wildman–Crippen LogP) is 3.37. The monoisotopic (exact) mass is 347 g/mol. The van der Waals surface area contributed by atoms with Gasteiger partial charge in [-0.15, -0.1) is 10.2 Å². The van der Waals surface area contributed by atoms with Crippen molar-refractivity contribution in [1.82, 2.24) is 15.1 Å². The summed E-state index contributed by atoms with van der Waals surface area (Å²) in [7, 11) is 0. The number of rotatable bonds is 3. The highest BCUT2D eigenvalue weighted by atomic mass is 15.4. The van der Waals surface area contributed by atoms with E-state index in [1.807, 2.05) is 12.1 Å². The maximum Gasteiger partial charge on any atom is 0.163 e. The van der Waals surface area contributed by atoms with Crippen LogP contribution in [0.5, 0.6) is 0 Å². The quantitative estimate of drug-likeness (QED) is 0.852. The molecule has 1 spiro atoms. The largest absolute Gasteiger partial charge is 0.352 e. The van der Waals surface area contributed by atoms with Crippen molar-refractivity contribution in [3.8, 4) is 6.07 Å². The van der Waals surface area contributed by atoms with Crippen LogP contribution in [0.1, 0.15) is 43.4 Å². The third kappa shape index (κ3) is 3.42. The number of benzene rings is 1. The number of nitriles is 1. The van der Waals surface area contributed by atoms with E-state index in [0.717, 1.165) is 32.0 Å². The van der Waals surface area contributed by atoms with Gasteiger partial charge in [0, 0.05) is 31.7 Å². The van der Waals surface area contributed by atoms with Gasteiger partial charge >= 0.3 is 0 Å². The molecule has 5 nitrogen and oxygen atoms in total. The lowest BCUT2D eigenvalue weighted by Crippen LogP contribution is -2.62. The lowest BCUT2D eigenvalue weighted by molar-refractivity contribution is 0.0316. The Kier molecular flexibility index (Phi) is 4.85. The van der Waals surface area contributed by atoms with Gasteiger partial charge in [-0.2, -0.15) is 5.26 Å². The summed E-state index contributed by atoms with van der Waals surface area (Å²) < 4.78 is 0. The molecule has 1 saturated heterocycles. The Morgan fingerprint density at radius 2 is 1.77 bits per heavy atom. The molecule has 1 aliphatic heterocycles. The molecule has 2 fully saturated rings. The van der Waals surface area contributed by atoms with E-state index in [2.05, 4.69) is 50.3 Å². The lowest BCUT2D eigenvalue weighted by atomic mass is 9.78. The Morgan fingerprint density at radius 3 is 2.46 bits per heavy atom. The Bertz CT molecular complexity index is 759. The van der Waals surface area contributed by atoms with Gasteiger partial charge < -0.3 is 4.90 Å². The van der Waals surface area contributed by atoms with Crippen LogP contribution in [0.4, 0.5) is 5.82 Å². The first kappa shape index (κ1) is 17.0. The van der Waals surface area contributed by atoms with E-state index < -0.39 is 0 Å². The zero-order valence-corrected chi connectivity index (χ0v) is 15.1. The van der Waals surface area contributed by atoms with Crippen LogP contribution in [0, 0.1) is 11.3 Å². The van der Waals surface area contributed by atoms with E-state index in [0.29, 0.717) is 5.69 Å². The van der Waals surface area contributed by atoms with Crippen molar-refractivity contribution in [3.05, 3.63) is 53.7 Å². The molecular formula is C21H25N5. The second kappa shape index (κ2) is 7.43. The third-order valence-corrected chi connectivity index (χ3v) is 5.89. The summed E-state index contributed by atoms with van der Waals surface area (Å²) in [6.07, 6.45) is 6.45. The predicted molar refractivity (Wildman–Crippen MR) is 102 cm³/mol. The van der Waals surface area contributed by atoms with Gasteiger partial charge in [-0.05, 0) is 30.5 Å². The molecule has 2 heterocycles. The van der Waals surface area contributed by atoms with Crippen LogP contribution in [0.2, 0.25) is 0 Å². The Morgan fingerprint density at radius 1 is 0.962 bits per heavy atom. The van der Waals surface area contributed by atoms with Crippen molar-refractivity contribution < 1.29 is 0 Å². The molecule has 1 saturated carbocycles. The molecule has 26 heavy (non-hydrogen) atoms. The van der Waals surface area contributed by atoms with E-state index >= 15 is 0 Å². The lowest BCUT2D eigenvalue weighted by Gasteiger charge is -2.53. The van der Waals surface area contributed by atoms with E-state index in [1.165, 1.54) is 37.7 Å². The minimum atomic E-state index is 0.224. The molecule has 1 aromatic carbocycles. The highest BCUT2D eigenvalue weighted by Crippen LogP contribution is 2.38. The number of hydrogen-bond acceptors (Lipinski definition) is 5. The molecule has 0 radical (unpaired) electrons. The summed E-state index contributed by atoms with van der Waals surface area (Å²) in [5.74, 6) is 0.897. The molecule has 0 amide bonds. The molecule has 2 aliphatic rings. The van der Waals surface area contributed by atoms with Gasteiger partial charge in [0.05, 0.1) is 0 Å². The van der Waals surface area contributed by atoms with E-state index in [1.54, 1.807) is 6.07 Å². The molecule has 0 atom stereocenters. The first-order valence-corrected chi connectivity index (χ1v) is 9.57. The summed E-state index contributed by atoms with van der Waals surface area (Å²) in [6.45, 7) is 4.01. The first-order chi connectivity index (χ1) is 12.8. The van der Waals surface area contributed by atoms with Crippen molar-refractivity contribution in [2.24, 2.45) is 0 Å². The zero-order valence-electron chi connectivity index (χ0n) is 15.1. The van der Waals surface area contributed by atoms with Crippen molar-refractivity contribution in [3.63, 3.8) is 0 Å². The van der Waals surface area contributed by atoms with E-state index in [9.17, 15) is 0 Å². The fraction of sp³-hybridized carbons (Fsp3) is 0.476. The number of piperazine rings is 1. The zero-order chi connectivity index (χ0) is 17.8. The third-order valence-electron chi connectivity index (χ3n) is 5.89. The Balaban J connectivity index is 1.55. The number of nitrogens with zero attached hydrogens (tertiary/aromatic N) is 5. The average molecular weight is 347 g/mol. The number of aromatic nitrogens is 2. The highest BCUT2D eigenvalue weighted by Gasteiger charge is 2.42. The molecule has 0 bridgehead atoms. The molecule has 2 aromatic rings. The highest BCUT2D eigenvalue weighted by molar-refractivity contribution is 5.41. The van der Waals surface area contributed by atoms with E-state index in [4.69, 9.17) is 5.26 Å². The van der Waals surface area contributed by atoms with Crippen LogP contribution in [0.25, 0.3) is 0 Å². The van der Waals surface area contributed by atoms with Crippen molar-refractivity contribution in [1.29, 1.82) is 5.26 Å². The molecular weight excluding hydrogens is 322 g/mol. The van der Waals surface area contributed by atoms with Crippen LogP contribution in [-0.4, -0.2) is 40.3 Å². The van der Waals surface area contributed by atoms with Gasteiger partial charge in [-0.3, -0.25) is 4.90 Å². The van der Waals surface area contributed by atoms with Gasteiger partial charge in [0.2, 0.25) is 0 Å². The summed E-state index contributed by atoms with van der Waals surface area (Å²) in [5, 5.41) is 17.3. The Labute approximate surface area is 155 Å².